The number of carbonyl (C=O) groups is 1. The minimum atomic E-state index is -0.853. The largest absolute Gasteiger partial charge is 0.480 e. The Morgan fingerprint density at radius 1 is 1.46 bits per heavy atom. The van der Waals surface area contributed by atoms with Gasteiger partial charge < -0.3 is 5.11 Å². The van der Waals surface area contributed by atoms with Crippen molar-refractivity contribution in [2.45, 2.75) is 18.7 Å². The minimum Gasteiger partial charge on any atom is -0.480 e. The van der Waals surface area contributed by atoms with Crippen molar-refractivity contribution in [3.63, 3.8) is 0 Å². The Morgan fingerprint density at radius 2 is 2.08 bits per heavy atom. The molecule has 0 saturated heterocycles. The minimum absolute atomic E-state index is 0.604. The van der Waals surface area contributed by atoms with E-state index in [9.17, 15) is 4.79 Å². The predicted octanol–water partition coefficient (Wildman–Crippen LogP) is 2.82. The van der Waals surface area contributed by atoms with E-state index in [1.54, 1.807) is 0 Å². The second-order valence-electron chi connectivity index (χ2n) is 3.06. The second kappa shape index (κ2) is 3.92. The highest BCUT2D eigenvalue weighted by atomic mass is 79.9. The van der Waals surface area contributed by atoms with Crippen LogP contribution >= 0.6 is 15.9 Å². The molecule has 1 aromatic rings. The molecule has 1 rings (SSSR count). The number of benzene rings is 1. The van der Waals surface area contributed by atoms with Crippen LogP contribution < -0.4 is 0 Å². The molecule has 0 fully saturated rings. The van der Waals surface area contributed by atoms with E-state index in [1.165, 1.54) is 0 Å². The van der Waals surface area contributed by atoms with Crippen molar-refractivity contribution in [3.05, 3.63) is 34.9 Å². The van der Waals surface area contributed by atoms with Crippen molar-refractivity contribution in [1.82, 2.24) is 0 Å². The van der Waals surface area contributed by atoms with Crippen molar-refractivity contribution >= 4 is 21.9 Å². The standard InChI is InChI=1S/C10H11BrO2/c1-6-3-4-7(2)8(5-6)9(11)10(12)13/h3-5,9H,1-2H3,(H,12,13). The van der Waals surface area contributed by atoms with Gasteiger partial charge in [-0.25, -0.2) is 0 Å². The van der Waals surface area contributed by atoms with Crippen molar-refractivity contribution in [2.75, 3.05) is 0 Å². The van der Waals surface area contributed by atoms with E-state index >= 15 is 0 Å². The second-order valence-corrected chi connectivity index (χ2v) is 3.98. The number of aliphatic carboxylic acids is 1. The number of carboxylic acids is 1. The maximum atomic E-state index is 10.7. The fraction of sp³-hybridized carbons (Fsp3) is 0.300. The van der Waals surface area contributed by atoms with Crippen molar-refractivity contribution in [3.8, 4) is 0 Å². The Hall–Kier alpha value is -0.830. The summed E-state index contributed by atoms with van der Waals surface area (Å²) in [4.78, 5) is 10.1. The summed E-state index contributed by atoms with van der Waals surface area (Å²) in [6, 6.07) is 5.80. The van der Waals surface area contributed by atoms with Crippen molar-refractivity contribution < 1.29 is 9.90 Å². The lowest BCUT2D eigenvalue weighted by atomic mass is 10.0. The molecule has 0 aromatic heterocycles. The number of hydrogen-bond acceptors (Lipinski definition) is 1. The maximum absolute atomic E-state index is 10.7. The van der Waals surface area contributed by atoms with E-state index < -0.39 is 10.8 Å². The summed E-state index contributed by atoms with van der Waals surface area (Å²) in [7, 11) is 0. The van der Waals surface area contributed by atoms with Crippen molar-refractivity contribution in [1.29, 1.82) is 0 Å². The first-order valence-corrected chi connectivity index (χ1v) is 4.88. The smallest absolute Gasteiger partial charge is 0.321 e. The molecule has 2 nitrogen and oxygen atoms in total. The molecule has 1 aromatic carbocycles. The van der Waals surface area contributed by atoms with Gasteiger partial charge in [0.1, 0.15) is 4.83 Å². The Labute approximate surface area is 85.7 Å². The van der Waals surface area contributed by atoms with Crippen LogP contribution in [0.25, 0.3) is 0 Å². The molecule has 0 aliphatic rings. The SMILES string of the molecule is Cc1ccc(C)c(C(Br)C(=O)O)c1. The van der Waals surface area contributed by atoms with Crippen LogP contribution in [0.5, 0.6) is 0 Å². The molecule has 0 radical (unpaired) electrons. The number of rotatable bonds is 2. The molecule has 0 saturated carbocycles. The third-order valence-electron chi connectivity index (χ3n) is 1.92. The lowest BCUT2D eigenvalue weighted by Gasteiger charge is -2.09. The Balaban J connectivity index is 3.12. The normalized spacial score (nSPS) is 12.5. The van der Waals surface area contributed by atoms with Gasteiger partial charge in [0.05, 0.1) is 0 Å². The highest BCUT2D eigenvalue weighted by Crippen LogP contribution is 2.26. The predicted molar refractivity (Wildman–Crippen MR) is 55.2 cm³/mol. The Morgan fingerprint density at radius 3 is 2.62 bits per heavy atom. The Bertz CT molecular complexity index is 334. The van der Waals surface area contributed by atoms with Gasteiger partial charge in [-0.05, 0) is 25.0 Å². The summed E-state index contributed by atoms with van der Waals surface area (Å²) in [5.41, 5.74) is 2.90. The molecule has 70 valence electrons. The molecule has 3 heteroatoms. The van der Waals surface area contributed by atoms with Crippen LogP contribution in [0.2, 0.25) is 0 Å². The average Bonchev–Trinajstić information content (AvgIpc) is 2.08. The molecule has 1 atom stereocenters. The Kier molecular flexibility index (Phi) is 3.09. The molecule has 13 heavy (non-hydrogen) atoms. The van der Waals surface area contributed by atoms with Gasteiger partial charge in [-0.1, -0.05) is 39.7 Å². The molecule has 0 aliphatic heterocycles. The molecule has 0 spiro atoms. The van der Waals surface area contributed by atoms with E-state index in [0.29, 0.717) is 0 Å². The number of halogens is 1. The summed E-state index contributed by atoms with van der Waals surface area (Å²) >= 11 is 3.14. The highest BCUT2D eigenvalue weighted by Gasteiger charge is 2.17. The first-order valence-electron chi connectivity index (χ1n) is 3.96. The van der Waals surface area contributed by atoms with Crippen LogP contribution in [0.15, 0.2) is 18.2 Å². The summed E-state index contributed by atoms with van der Waals surface area (Å²) < 4.78 is 0. The maximum Gasteiger partial charge on any atom is 0.321 e. The fourth-order valence-corrected chi connectivity index (χ4v) is 1.66. The zero-order chi connectivity index (χ0) is 10.0. The molecule has 1 unspecified atom stereocenters. The van der Waals surface area contributed by atoms with E-state index in [1.807, 2.05) is 32.0 Å². The van der Waals surface area contributed by atoms with Gasteiger partial charge in [0, 0.05) is 0 Å². The molecule has 1 N–H and O–H groups in total. The van der Waals surface area contributed by atoms with Crippen LogP contribution in [-0.2, 0) is 4.79 Å². The van der Waals surface area contributed by atoms with Crippen LogP contribution in [0.4, 0.5) is 0 Å². The molecular formula is C10H11BrO2. The van der Waals surface area contributed by atoms with E-state index in [0.717, 1.165) is 16.7 Å². The van der Waals surface area contributed by atoms with Gasteiger partial charge >= 0.3 is 5.97 Å². The molecule has 0 bridgehead atoms. The fourth-order valence-electron chi connectivity index (χ4n) is 1.17. The van der Waals surface area contributed by atoms with Gasteiger partial charge in [-0.3, -0.25) is 4.79 Å². The topological polar surface area (TPSA) is 37.3 Å². The number of aryl methyl sites for hydroxylation is 2. The zero-order valence-corrected chi connectivity index (χ0v) is 9.13. The van der Waals surface area contributed by atoms with Gasteiger partial charge in [0.2, 0.25) is 0 Å². The summed E-state index contributed by atoms with van der Waals surface area (Å²) in [6.07, 6.45) is 0. The van der Waals surface area contributed by atoms with Gasteiger partial charge in [0.15, 0.2) is 0 Å². The van der Waals surface area contributed by atoms with Crippen molar-refractivity contribution in [2.24, 2.45) is 0 Å². The molecule has 0 aliphatic carbocycles. The van der Waals surface area contributed by atoms with E-state index in [4.69, 9.17) is 5.11 Å². The number of hydrogen-bond donors (Lipinski definition) is 1. The summed E-state index contributed by atoms with van der Waals surface area (Å²) in [5, 5.41) is 8.80. The monoisotopic (exact) mass is 242 g/mol. The molecule has 0 amide bonds. The first-order chi connectivity index (χ1) is 6.02. The van der Waals surface area contributed by atoms with Gasteiger partial charge in [-0.2, -0.15) is 0 Å². The quantitative estimate of drug-likeness (QED) is 0.811. The van der Waals surface area contributed by atoms with Crippen LogP contribution in [0, 0.1) is 13.8 Å². The van der Waals surface area contributed by atoms with Crippen LogP contribution in [0.1, 0.15) is 21.5 Å². The lowest BCUT2D eigenvalue weighted by Crippen LogP contribution is -2.06. The lowest BCUT2D eigenvalue weighted by molar-refractivity contribution is -0.136. The number of carboxylic acid groups (broad SMARTS) is 1. The summed E-state index contributed by atoms with van der Waals surface area (Å²) in [5.74, 6) is -0.853. The van der Waals surface area contributed by atoms with Gasteiger partial charge in [-0.15, -0.1) is 0 Å². The molecule has 0 heterocycles. The molecular weight excluding hydrogens is 232 g/mol. The number of alkyl halides is 1. The zero-order valence-electron chi connectivity index (χ0n) is 7.54. The third kappa shape index (κ3) is 2.31. The average molecular weight is 243 g/mol. The third-order valence-corrected chi connectivity index (χ3v) is 2.81. The summed E-state index contributed by atoms with van der Waals surface area (Å²) in [6.45, 7) is 3.86. The van der Waals surface area contributed by atoms with Crippen LogP contribution in [0.3, 0.4) is 0 Å². The first kappa shape index (κ1) is 10.3. The highest BCUT2D eigenvalue weighted by molar-refractivity contribution is 9.09. The van der Waals surface area contributed by atoms with Crippen LogP contribution in [-0.4, -0.2) is 11.1 Å². The van der Waals surface area contributed by atoms with E-state index in [2.05, 4.69) is 15.9 Å². The van der Waals surface area contributed by atoms with Gasteiger partial charge in [0.25, 0.3) is 0 Å². The van der Waals surface area contributed by atoms with E-state index in [-0.39, 0.29) is 0 Å².